The van der Waals surface area contributed by atoms with Gasteiger partial charge in [0.05, 0.1) is 0 Å². The van der Waals surface area contributed by atoms with Crippen molar-refractivity contribution in [3.8, 4) is 0 Å². The quantitative estimate of drug-likeness (QED) is 0.478. The third kappa shape index (κ3) is 3.50. The molecule has 0 bridgehead atoms. The molecule has 29 heavy (non-hydrogen) atoms. The maximum absolute atomic E-state index is 9.44. The molecule has 0 aromatic carbocycles. The second-order valence-electron chi connectivity index (χ2n) is 11.5. The molecular formula is C28H44O. The lowest BCUT2D eigenvalue weighted by Gasteiger charge is -2.53. The van der Waals surface area contributed by atoms with Gasteiger partial charge in [0.1, 0.15) is 0 Å². The Kier molecular flexibility index (Phi) is 5.93. The monoisotopic (exact) mass is 396 g/mol. The number of hydrogen-bond donors (Lipinski definition) is 1. The summed E-state index contributed by atoms with van der Waals surface area (Å²) in [6.45, 7) is 12.3. The van der Waals surface area contributed by atoms with Gasteiger partial charge >= 0.3 is 0 Å². The standard InChI is InChI=1S/C28H44O/c1-19(21(3)18-29)9-10-20(2)24-13-14-25-23-12-11-22-8-6-7-16-27(22,4)26(23)15-17-28(24,25)5/h9-10,14,19-22,24,29H,6-8,11-13,15-18H2,1-5H3/t19-,20+,21?,22+,24+,27-,28+/m0/s1. The average Bonchev–Trinajstić information content (AvgIpc) is 3.08. The molecule has 0 amide bonds. The lowest BCUT2D eigenvalue weighted by molar-refractivity contribution is 0.112. The van der Waals surface area contributed by atoms with Crippen LogP contribution in [-0.4, -0.2) is 11.7 Å². The van der Waals surface area contributed by atoms with Crippen molar-refractivity contribution in [1.29, 1.82) is 0 Å². The van der Waals surface area contributed by atoms with Crippen molar-refractivity contribution >= 4 is 0 Å². The van der Waals surface area contributed by atoms with Crippen LogP contribution in [0.3, 0.4) is 0 Å². The van der Waals surface area contributed by atoms with E-state index in [4.69, 9.17) is 0 Å². The molecule has 1 saturated carbocycles. The van der Waals surface area contributed by atoms with Gasteiger partial charge in [0, 0.05) is 6.61 Å². The summed E-state index contributed by atoms with van der Waals surface area (Å²) in [4.78, 5) is 0. The number of aliphatic hydroxyl groups is 1. The SMILES string of the molecule is CC(CO)[C@@H](C)C=C[C@@H](C)[C@H]1CC=C2C3=C(CC[C@@]21C)[C@@]1(C)CCCC[C@@H]1CC3. The molecule has 0 spiro atoms. The average molecular weight is 397 g/mol. The topological polar surface area (TPSA) is 20.2 Å². The molecule has 0 heterocycles. The van der Waals surface area contributed by atoms with Crippen molar-refractivity contribution in [1.82, 2.24) is 0 Å². The van der Waals surface area contributed by atoms with Crippen molar-refractivity contribution in [2.24, 2.45) is 40.4 Å². The molecule has 7 atom stereocenters. The van der Waals surface area contributed by atoms with E-state index in [1.807, 2.05) is 5.57 Å². The molecule has 0 aliphatic heterocycles. The smallest absolute Gasteiger partial charge is 0.0462 e. The van der Waals surface area contributed by atoms with Crippen molar-refractivity contribution in [3.05, 3.63) is 34.9 Å². The van der Waals surface area contributed by atoms with Gasteiger partial charge in [-0.25, -0.2) is 0 Å². The summed E-state index contributed by atoms with van der Waals surface area (Å²) in [6.07, 6.45) is 20.0. The van der Waals surface area contributed by atoms with Crippen molar-refractivity contribution in [3.63, 3.8) is 0 Å². The van der Waals surface area contributed by atoms with Crippen molar-refractivity contribution < 1.29 is 5.11 Å². The zero-order valence-corrected chi connectivity index (χ0v) is 19.6. The summed E-state index contributed by atoms with van der Waals surface area (Å²) in [5, 5.41) is 9.44. The first-order chi connectivity index (χ1) is 13.8. The normalized spacial score (nSPS) is 40.1. The van der Waals surface area contributed by atoms with E-state index >= 15 is 0 Å². The molecule has 0 aromatic heterocycles. The minimum absolute atomic E-state index is 0.281. The van der Waals surface area contributed by atoms with Gasteiger partial charge in [-0.15, -0.1) is 0 Å². The van der Waals surface area contributed by atoms with Gasteiger partial charge in [-0.1, -0.05) is 71.3 Å². The second-order valence-corrected chi connectivity index (χ2v) is 11.5. The van der Waals surface area contributed by atoms with Gasteiger partial charge in [0.2, 0.25) is 0 Å². The molecule has 1 nitrogen and oxygen atoms in total. The van der Waals surface area contributed by atoms with Crippen LogP contribution < -0.4 is 0 Å². The Morgan fingerprint density at radius 3 is 2.59 bits per heavy atom. The largest absolute Gasteiger partial charge is 0.396 e. The first kappa shape index (κ1) is 21.4. The number of hydrogen-bond acceptors (Lipinski definition) is 1. The van der Waals surface area contributed by atoms with Crippen LogP contribution in [0.1, 0.15) is 92.4 Å². The minimum Gasteiger partial charge on any atom is -0.396 e. The van der Waals surface area contributed by atoms with Crippen LogP contribution in [0.2, 0.25) is 0 Å². The van der Waals surface area contributed by atoms with Gasteiger partial charge in [-0.3, -0.25) is 0 Å². The Balaban J connectivity index is 1.56. The van der Waals surface area contributed by atoms with Crippen LogP contribution in [0.25, 0.3) is 0 Å². The summed E-state index contributed by atoms with van der Waals surface area (Å²) in [7, 11) is 0. The Hall–Kier alpha value is -0.820. The van der Waals surface area contributed by atoms with Crippen LogP contribution in [-0.2, 0) is 0 Å². The lowest BCUT2D eigenvalue weighted by atomic mass is 9.52. The molecule has 4 rings (SSSR count). The van der Waals surface area contributed by atoms with E-state index in [1.54, 1.807) is 11.1 Å². The Morgan fingerprint density at radius 2 is 1.83 bits per heavy atom. The highest BCUT2D eigenvalue weighted by molar-refractivity contribution is 5.49. The number of rotatable bonds is 5. The maximum Gasteiger partial charge on any atom is 0.0462 e. The summed E-state index contributed by atoms with van der Waals surface area (Å²) in [6, 6.07) is 0. The minimum atomic E-state index is 0.281. The van der Waals surface area contributed by atoms with Crippen molar-refractivity contribution in [2.75, 3.05) is 6.61 Å². The number of allylic oxidation sites excluding steroid dienone is 6. The number of fused-ring (bicyclic) bond motifs is 4. The van der Waals surface area contributed by atoms with E-state index in [0.717, 1.165) is 11.8 Å². The Labute approximate surface area is 179 Å². The molecule has 162 valence electrons. The molecule has 4 aliphatic carbocycles. The molecule has 0 saturated heterocycles. The predicted molar refractivity (Wildman–Crippen MR) is 124 cm³/mol. The lowest BCUT2D eigenvalue weighted by Crippen LogP contribution is -2.41. The molecular weight excluding hydrogens is 352 g/mol. The zero-order valence-electron chi connectivity index (χ0n) is 19.6. The van der Waals surface area contributed by atoms with Gasteiger partial charge in [0.15, 0.2) is 0 Å². The van der Waals surface area contributed by atoms with Crippen LogP contribution in [0.4, 0.5) is 0 Å². The number of aliphatic hydroxyl groups excluding tert-OH is 1. The first-order valence-corrected chi connectivity index (χ1v) is 12.5. The highest BCUT2D eigenvalue weighted by Crippen LogP contribution is 2.64. The van der Waals surface area contributed by atoms with E-state index in [9.17, 15) is 5.11 Å². The molecule has 1 N–H and O–H groups in total. The predicted octanol–water partition coefficient (Wildman–Crippen LogP) is 7.48. The fourth-order valence-corrected chi connectivity index (χ4v) is 7.56. The Morgan fingerprint density at radius 1 is 1.03 bits per heavy atom. The molecule has 1 unspecified atom stereocenters. The van der Waals surface area contributed by atoms with Crippen molar-refractivity contribution in [2.45, 2.75) is 92.4 Å². The third-order valence-electron chi connectivity index (χ3n) is 9.96. The molecule has 0 radical (unpaired) electrons. The van der Waals surface area contributed by atoms with Crippen LogP contribution >= 0.6 is 0 Å². The first-order valence-electron chi connectivity index (χ1n) is 12.5. The highest BCUT2D eigenvalue weighted by atomic mass is 16.3. The summed E-state index contributed by atoms with van der Waals surface area (Å²) >= 11 is 0. The summed E-state index contributed by atoms with van der Waals surface area (Å²) in [5.74, 6) is 3.09. The van der Waals surface area contributed by atoms with E-state index in [2.05, 4.69) is 52.8 Å². The van der Waals surface area contributed by atoms with E-state index in [0.29, 0.717) is 28.6 Å². The van der Waals surface area contributed by atoms with E-state index in [-0.39, 0.29) is 6.61 Å². The molecule has 4 aliphatic rings. The summed E-state index contributed by atoms with van der Waals surface area (Å²) < 4.78 is 0. The third-order valence-corrected chi connectivity index (χ3v) is 9.96. The van der Waals surface area contributed by atoms with Gasteiger partial charge in [-0.2, -0.15) is 0 Å². The highest BCUT2D eigenvalue weighted by Gasteiger charge is 2.51. The van der Waals surface area contributed by atoms with E-state index < -0.39 is 0 Å². The zero-order chi connectivity index (χ0) is 20.8. The van der Waals surface area contributed by atoms with Gasteiger partial charge < -0.3 is 5.11 Å². The second kappa shape index (κ2) is 8.03. The van der Waals surface area contributed by atoms with Crippen LogP contribution in [0, 0.1) is 40.4 Å². The van der Waals surface area contributed by atoms with Gasteiger partial charge in [-0.05, 0) is 96.5 Å². The maximum atomic E-state index is 9.44. The molecule has 1 heteroatoms. The Bertz CT molecular complexity index is 712. The van der Waals surface area contributed by atoms with Crippen LogP contribution in [0.15, 0.2) is 34.9 Å². The van der Waals surface area contributed by atoms with Crippen LogP contribution in [0.5, 0.6) is 0 Å². The molecule has 1 fully saturated rings. The fraction of sp³-hybridized carbons (Fsp3) is 0.786. The summed E-state index contributed by atoms with van der Waals surface area (Å²) in [5.41, 5.74) is 6.32. The van der Waals surface area contributed by atoms with E-state index in [1.165, 1.54) is 57.8 Å². The van der Waals surface area contributed by atoms with Gasteiger partial charge in [0.25, 0.3) is 0 Å². The fourth-order valence-electron chi connectivity index (χ4n) is 7.56. The molecule has 0 aromatic rings.